The molecule has 1 aromatic rings. The van der Waals surface area contributed by atoms with Crippen molar-refractivity contribution in [1.82, 2.24) is 9.80 Å². The van der Waals surface area contributed by atoms with Gasteiger partial charge in [-0.05, 0) is 56.4 Å². The molecule has 2 unspecified atom stereocenters. The van der Waals surface area contributed by atoms with Crippen molar-refractivity contribution in [2.45, 2.75) is 51.1 Å². The lowest BCUT2D eigenvalue weighted by atomic mass is 9.98. The van der Waals surface area contributed by atoms with Gasteiger partial charge in [0.1, 0.15) is 0 Å². The van der Waals surface area contributed by atoms with Gasteiger partial charge in [0.25, 0.3) is 11.8 Å². The third-order valence-electron chi connectivity index (χ3n) is 5.81. The number of benzene rings is 1. The van der Waals surface area contributed by atoms with Gasteiger partial charge in [-0.15, -0.1) is 0 Å². The number of piperidine rings is 1. The molecule has 0 saturated carbocycles. The van der Waals surface area contributed by atoms with Crippen LogP contribution in [-0.2, 0) is 9.84 Å². The molecule has 2 heterocycles. The van der Waals surface area contributed by atoms with E-state index in [2.05, 4.69) is 6.92 Å². The smallest absolute Gasteiger partial charge is 0.254 e. The molecule has 0 spiro atoms. The minimum absolute atomic E-state index is 0.0239. The lowest BCUT2D eigenvalue weighted by Crippen LogP contribution is -2.43. The highest BCUT2D eigenvalue weighted by Gasteiger charge is 2.33. The van der Waals surface area contributed by atoms with Crippen LogP contribution in [0.3, 0.4) is 0 Å². The van der Waals surface area contributed by atoms with E-state index >= 15 is 0 Å². The van der Waals surface area contributed by atoms with Crippen molar-refractivity contribution in [2.24, 2.45) is 0 Å². The molecule has 2 aliphatic rings. The van der Waals surface area contributed by atoms with Gasteiger partial charge in [0.2, 0.25) is 0 Å². The zero-order valence-electron chi connectivity index (χ0n) is 16.1. The van der Waals surface area contributed by atoms with Crippen LogP contribution in [0, 0.1) is 0 Å². The van der Waals surface area contributed by atoms with Gasteiger partial charge in [-0.25, -0.2) is 8.42 Å². The highest BCUT2D eigenvalue weighted by molar-refractivity contribution is 7.91. The maximum Gasteiger partial charge on any atom is 0.254 e. The lowest BCUT2D eigenvalue weighted by Gasteiger charge is -2.35. The van der Waals surface area contributed by atoms with E-state index in [1.807, 2.05) is 4.90 Å². The van der Waals surface area contributed by atoms with E-state index in [9.17, 15) is 18.0 Å². The van der Waals surface area contributed by atoms with E-state index in [0.717, 1.165) is 25.8 Å². The molecule has 2 fully saturated rings. The summed E-state index contributed by atoms with van der Waals surface area (Å²) >= 11 is 0. The van der Waals surface area contributed by atoms with Gasteiger partial charge in [-0.3, -0.25) is 9.59 Å². The molecular formula is C20H28N2O4S. The molecule has 2 atom stereocenters. The number of nitrogens with zero attached hydrogens (tertiary/aromatic N) is 2. The first-order chi connectivity index (χ1) is 12.8. The molecule has 0 bridgehead atoms. The Morgan fingerprint density at radius 2 is 1.78 bits per heavy atom. The Kier molecular flexibility index (Phi) is 5.89. The summed E-state index contributed by atoms with van der Waals surface area (Å²) in [6.07, 6.45) is 4.69. The number of hydrogen-bond acceptors (Lipinski definition) is 4. The topological polar surface area (TPSA) is 74.8 Å². The Hall–Kier alpha value is -1.89. The number of amides is 2. The summed E-state index contributed by atoms with van der Waals surface area (Å²) in [4.78, 5) is 29.0. The Morgan fingerprint density at radius 1 is 1.11 bits per heavy atom. The molecular weight excluding hydrogens is 364 g/mol. The van der Waals surface area contributed by atoms with Crippen molar-refractivity contribution in [1.29, 1.82) is 0 Å². The van der Waals surface area contributed by atoms with Crippen molar-refractivity contribution in [3.63, 3.8) is 0 Å². The van der Waals surface area contributed by atoms with Crippen LogP contribution < -0.4 is 0 Å². The summed E-state index contributed by atoms with van der Waals surface area (Å²) in [5.74, 6) is -0.0210. The first-order valence-electron chi connectivity index (χ1n) is 9.71. The number of hydrogen-bond donors (Lipinski definition) is 0. The predicted octanol–water partition coefficient (Wildman–Crippen LogP) is 2.35. The summed E-state index contributed by atoms with van der Waals surface area (Å²) in [5.41, 5.74) is 1.07. The quantitative estimate of drug-likeness (QED) is 0.788. The molecule has 7 heteroatoms. The van der Waals surface area contributed by atoms with Crippen LogP contribution in [0.5, 0.6) is 0 Å². The fourth-order valence-electron chi connectivity index (χ4n) is 4.06. The second-order valence-corrected chi connectivity index (χ2v) is 9.84. The molecule has 0 aliphatic carbocycles. The second kappa shape index (κ2) is 8.00. The first-order valence-corrected chi connectivity index (χ1v) is 11.5. The normalized spacial score (nSPS) is 24.6. The van der Waals surface area contributed by atoms with Crippen molar-refractivity contribution in [2.75, 3.05) is 25.1 Å². The summed E-state index contributed by atoms with van der Waals surface area (Å²) in [6.45, 7) is 2.90. The predicted molar refractivity (Wildman–Crippen MR) is 105 cm³/mol. The lowest BCUT2D eigenvalue weighted by molar-refractivity contribution is 0.0607. The van der Waals surface area contributed by atoms with Gasteiger partial charge in [0.05, 0.1) is 11.5 Å². The van der Waals surface area contributed by atoms with E-state index in [1.54, 1.807) is 31.3 Å². The zero-order chi connectivity index (χ0) is 19.6. The molecule has 148 valence electrons. The van der Waals surface area contributed by atoms with E-state index in [-0.39, 0.29) is 29.4 Å². The fraction of sp³-hybridized carbons (Fsp3) is 0.600. The molecule has 2 aliphatic heterocycles. The highest BCUT2D eigenvalue weighted by Crippen LogP contribution is 2.23. The van der Waals surface area contributed by atoms with Crippen LogP contribution in [0.15, 0.2) is 24.3 Å². The van der Waals surface area contributed by atoms with Crippen LogP contribution in [0.4, 0.5) is 0 Å². The molecule has 6 nitrogen and oxygen atoms in total. The van der Waals surface area contributed by atoms with E-state index in [4.69, 9.17) is 0 Å². The summed E-state index contributed by atoms with van der Waals surface area (Å²) in [6, 6.07) is 6.76. The van der Waals surface area contributed by atoms with Gasteiger partial charge in [0.15, 0.2) is 9.84 Å². The van der Waals surface area contributed by atoms with Gasteiger partial charge in [-0.1, -0.05) is 6.92 Å². The molecule has 0 aromatic heterocycles. The van der Waals surface area contributed by atoms with Crippen molar-refractivity contribution in [3.05, 3.63) is 35.4 Å². The average Bonchev–Trinajstić information content (AvgIpc) is 3.06. The Labute approximate surface area is 161 Å². The van der Waals surface area contributed by atoms with Crippen molar-refractivity contribution >= 4 is 21.7 Å². The van der Waals surface area contributed by atoms with Crippen LogP contribution >= 0.6 is 0 Å². The molecule has 2 amide bonds. The third-order valence-corrected chi connectivity index (χ3v) is 7.56. The van der Waals surface area contributed by atoms with Gasteiger partial charge in [0, 0.05) is 36.8 Å². The number of sulfone groups is 1. The average molecular weight is 393 g/mol. The number of likely N-dealkylation sites (tertiary alicyclic amines) is 1. The largest absolute Gasteiger partial charge is 0.338 e. The van der Waals surface area contributed by atoms with E-state index < -0.39 is 9.84 Å². The minimum atomic E-state index is -3.04. The van der Waals surface area contributed by atoms with E-state index in [0.29, 0.717) is 23.6 Å². The number of carbonyl (C=O) groups is 2. The van der Waals surface area contributed by atoms with Gasteiger partial charge < -0.3 is 9.80 Å². The zero-order valence-corrected chi connectivity index (χ0v) is 16.9. The minimum Gasteiger partial charge on any atom is -0.338 e. The Bertz CT molecular complexity index is 804. The molecule has 0 radical (unpaired) electrons. The molecule has 27 heavy (non-hydrogen) atoms. The standard InChI is InChI=1S/C20H28N2O4S/c1-3-17-6-4-5-12-22(17)20(24)16-9-7-15(8-10-16)19(23)21(2)18-11-13-27(25,26)14-18/h7-10,17-18H,3-6,11-14H2,1-2H3. The maximum absolute atomic E-state index is 12.8. The third kappa shape index (κ3) is 4.34. The molecule has 2 saturated heterocycles. The monoisotopic (exact) mass is 392 g/mol. The van der Waals surface area contributed by atoms with Gasteiger partial charge in [-0.2, -0.15) is 0 Å². The Balaban J connectivity index is 1.69. The Morgan fingerprint density at radius 3 is 2.37 bits per heavy atom. The SMILES string of the molecule is CCC1CCCCN1C(=O)c1ccc(C(=O)N(C)C2CCS(=O)(=O)C2)cc1. The summed E-state index contributed by atoms with van der Waals surface area (Å²) in [7, 11) is -1.39. The number of carbonyl (C=O) groups excluding carboxylic acids is 2. The molecule has 0 N–H and O–H groups in total. The van der Waals surface area contributed by atoms with Crippen molar-refractivity contribution < 1.29 is 18.0 Å². The molecule has 1 aromatic carbocycles. The van der Waals surface area contributed by atoms with Crippen LogP contribution in [0.2, 0.25) is 0 Å². The van der Waals surface area contributed by atoms with Gasteiger partial charge >= 0.3 is 0 Å². The van der Waals surface area contributed by atoms with Crippen LogP contribution in [0.1, 0.15) is 59.7 Å². The maximum atomic E-state index is 12.8. The van der Waals surface area contributed by atoms with Crippen LogP contribution in [0.25, 0.3) is 0 Å². The van der Waals surface area contributed by atoms with Crippen LogP contribution in [-0.4, -0.2) is 67.2 Å². The fourth-order valence-corrected chi connectivity index (χ4v) is 5.84. The summed E-state index contributed by atoms with van der Waals surface area (Å²) < 4.78 is 23.3. The van der Waals surface area contributed by atoms with Crippen molar-refractivity contribution in [3.8, 4) is 0 Å². The highest BCUT2D eigenvalue weighted by atomic mass is 32.2. The van der Waals surface area contributed by atoms with E-state index in [1.165, 1.54) is 11.3 Å². The first kappa shape index (κ1) is 19.9. The second-order valence-electron chi connectivity index (χ2n) is 7.61. The summed E-state index contributed by atoms with van der Waals surface area (Å²) in [5, 5.41) is 0. The molecule has 3 rings (SSSR count). The number of rotatable bonds is 4.